The van der Waals surface area contributed by atoms with Crippen LogP contribution in [0.5, 0.6) is 0 Å². The second kappa shape index (κ2) is 8.13. The van der Waals surface area contributed by atoms with Gasteiger partial charge in [0.2, 0.25) is 0 Å². The summed E-state index contributed by atoms with van der Waals surface area (Å²) in [6, 6.07) is 0. The van der Waals surface area contributed by atoms with E-state index < -0.39 is 11.2 Å². The first-order valence-corrected chi connectivity index (χ1v) is 13.1. The summed E-state index contributed by atoms with van der Waals surface area (Å²) in [4.78, 5) is 0. The number of aliphatic hydroxyl groups is 2. The van der Waals surface area contributed by atoms with Crippen molar-refractivity contribution in [2.45, 2.75) is 110 Å². The van der Waals surface area contributed by atoms with E-state index in [4.69, 9.17) is 4.74 Å². The molecule has 0 radical (unpaired) electrons. The van der Waals surface area contributed by atoms with Crippen molar-refractivity contribution in [2.24, 2.45) is 40.4 Å². The average molecular weight is 433 g/mol. The van der Waals surface area contributed by atoms with E-state index in [0.717, 1.165) is 56.5 Å². The minimum atomic E-state index is -0.551. The number of methoxy groups -OCH3 is 1. The maximum atomic E-state index is 10.8. The van der Waals surface area contributed by atoms with Gasteiger partial charge < -0.3 is 14.9 Å². The Bertz CT molecular complexity index is 689. The SMILES string of the molecule is COC[C@]12CC[C@](C)(O)CC1=CC[C@@H]1C2CC[C@@]2(C)C1CCC2[C@H](C)CCC(C)(C)O. The highest BCUT2D eigenvalue weighted by Gasteiger charge is 2.60. The molecule has 0 aliphatic heterocycles. The molecule has 0 bridgehead atoms. The lowest BCUT2D eigenvalue weighted by Crippen LogP contribution is -2.54. The summed E-state index contributed by atoms with van der Waals surface area (Å²) in [5.41, 5.74) is 1.01. The molecule has 3 fully saturated rings. The van der Waals surface area contributed by atoms with Crippen molar-refractivity contribution < 1.29 is 14.9 Å². The number of fused-ring (bicyclic) bond motifs is 5. The fraction of sp³-hybridized carbons (Fsp3) is 0.929. The molecule has 3 heteroatoms. The molecule has 2 N–H and O–H groups in total. The molecule has 4 aliphatic carbocycles. The molecule has 31 heavy (non-hydrogen) atoms. The summed E-state index contributed by atoms with van der Waals surface area (Å²) < 4.78 is 5.87. The predicted octanol–water partition coefficient (Wildman–Crippen LogP) is 6.13. The number of allylic oxidation sites excluding steroid dienone is 1. The number of hydrogen-bond donors (Lipinski definition) is 2. The Labute approximate surface area is 191 Å². The van der Waals surface area contributed by atoms with E-state index in [1.807, 2.05) is 27.9 Å². The van der Waals surface area contributed by atoms with Gasteiger partial charge in [-0.1, -0.05) is 25.5 Å². The van der Waals surface area contributed by atoms with Crippen molar-refractivity contribution in [1.82, 2.24) is 0 Å². The second-order valence-corrected chi connectivity index (χ2v) is 13.2. The van der Waals surface area contributed by atoms with E-state index in [1.165, 1.54) is 37.7 Å². The molecule has 178 valence electrons. The van der Waals surface area contributed by atoms with E-state index in [0.29, 0.717) is 17.3 Å². The van der Waals surface area contributed by atoms with Gasteiger partial charge >= 0.3 is 0 Å². The first-order valence-electron chi connectivity index (χ1n) is 13.1. The Morgan fingerprint density at radius 2 is 1.87 bits per heavy atom. The molecular formula is C28H48O3. The minimum Gasteiger partial charge on any atom is -0.390 e. The fourth-order valence-electron chi connectivity index (χ4n) is 8.89. The molecule has 0 aromatic heterocycles. The molecule has 0 aromatic rings. The summed E-state index contributed by atoms with van der Waals surface area (Å²) in [6.45, 7) is 11.8. The second-order valence-electron chi connectivity index (χ2n) is 13.2. The number of hydrogen-bond acceptors (Lipinski definition) is 3. The molecule has 4 rings (SSSR count). The van der Waals surface area contributed by atoms with E-state index in [2.05, 4.69) is 19.9 Å². The Hall–Kier alpha value is -0.380. The van der Waals surface area contributed by atoms with Gasteiger partial charge in [-0.15, -0.1) is 0 Å². The van der Waals surface area contributed by atoms with Crippen LogP contribution < -0.4 is 0 Å². The van der Waals surface area contributed by atoms with E-state index >= 15 is 0 Å². The van der Waals surface area contributed by atoms with Gasteiger partial charge in [0.15, 0.2) is 0 Å². The standard InChI is InChI=1S/C28H48O3/c1-19(11-13-25(2,3)29)22-9-10-23-21-8-7-20-17-26(4,30)15-16-28(20,18-31-6)24(21)12-14-27(22,23)5/h7,19,21-24,29-30H,8-18H2,1-6H3/t19-,21+,22?,23?,24?,26+,27-,28-/m1/s1. The first kappa shape index (κ1) is 23.8. The molecule has 8 atom stereocenters. The Balaban J connectivity index is 1.57. The fourth-order valence-corrected chi connectivity index (χ4v) is 8.89. The molecular weight excluding hydrogens is 384 g/mol. The maximum Gasteiger partial charge on any atom is 0.0657 e. The average Bonchev–Trinajstić information content (AvgIpc) is 3.03. The Morgan fingerprint density at radius 3 is 2.55 bits per heavy atom. The van der Waals surface area contributed by atoms with E-state index in [1.54, 1.807) is 0 Å². The van der Waals surface area contributed by atoms with Crippen LogP contribution in [0.1, 0.15) is 98.8 Å². The monoisotopic (exact) mass is 432 g/mol. The van der Waals surface area contributed by atoms with Gasteiger partial charge in [-0.05, 0) is 120 Å². The summed E-state index contributed by atoms with van der Waals surface area (Å²) in [5, 5.41) is 21.0. The van der Waals surface area contributed by atoms with Crippen LogP contribution in [0.2, 0.25) is 0 Å². The maximum absolute atomic E-state index is 10.8. The summed E-state index contributed by atoms with van der Waals surface area (Å²) >= 11 is 0. The lowest BCUT2D eigenvalue weighted by Gasteiger charge is -2.60. The van der Waals surface area contributed by atoms with Crippen molar-refractivity contribution in [3.8, 4) is 0 Å². The van der Waals surface area contributed by atoms with Crippen molar-refractivity contribution in [3.05, 3.63) is 11.6 Å². The Kier molecular flexibility index (Phi) is 6.24. The van der Waals surface area contributed by atoms with Gasteiger partial charge in [-0.25, -0.2) is 0 Å². The van der Waals surface area contributed by atoms with Crippen LogP contribution in [-0.4, -0.2) is 35.1 Å². The summed E-state index contributed by atoms with van der Waals surface area (Å²) in [7, 11) is 1.87. The van der Waals surface area contributed by atoms with Crippen LogP contribution in [0.25, 0.3) is 0 Å². The topological polar surface area (TPSA) is 49.7 Å². The van der Waals surface area contributed by atoms with Crippen molar-refractivity contribution in [3.63, 3.8) is 0 Å². The van der Waals surface area contributed by atoms with Crippen LogP contribution in [0.4, 0.5) is 0 Å². The highest BCUT2D eigenvalue weighted by molar-refractivity contribution is 5.28. The van der Waals surface area contributed by atoms with Crippen molar-refractivity contribution in [1.29, 1.82) is 0 Å². The summed E-state index contributed by atoms with van der Waals surface area (Å²) in [6.07, 6.45) is 14.0. The molecule has 0 spiro atoms. The largest absolute Gasteiger partial charge is 0.390 e. The molecule has 0 heterocycles. The van der Waals surface area contributed by atoms with Gasteiger partial charge in [0.05, 0.1) is 17.8 Å². The normalized spacial score (nSPS) is 46.0. The lowest BCUT2D eigenvalue weighted by atomic mass is 9.46. The lowest BCUT2D eigenvalue weighted by molar-refractivity contribution is -0.0978. The van der Waals surface area contributed by atoms with Crippen LogP contribution in [-0.2, 0) is 4.74 Å². The third-order valence-electron chi connectivity index (χ3n) is 10.5. The third-order valence-corrected chi connectivity index (χ3v) is 10.5. The minimum absolute atomic E-state index is 0.159. The molecule has 3 unspecified atom stereocenters. The van der Waals surface area contributed by atoms with E-state index in [-0.39, 0.29) is 5.41 Å². The van der Waals surface area contributed by atoms with Crippen LogP contribution in [0.3, 0.4) is 0 Å². The first-order chi connectivity index (χ1) is 14.4. The summed E-state index contributed by atoms with van der Waals surface area (Å²) in [5.74, 6) is 3.77. The van der Waals surface area contributed by atoms with Crippen LogP contribution >= 0.6 is 0 Å². The van der Waals surface area contributed by atoms with Crippen LogP contribution in [0, 0.1) is 40.4 Å². The highest BCUT2D eigenvalue weighted by Crippen LogP contribution is 2.67. The van der Waals surface area contributed by atoms with Crippen LogP contribution in [0.15, 0.2) is 11.6 Å². The zero-order valence-electron chi connectivity index (χ0n) is 21.0. The zero-order valence-corrected chi connectivity index (χ0v) is 21.0. The molecule has 0 amide bonds. The zero-order chi connectivity index (χ0) is 22.7. The van der Waals surface area contributed by atoms with Gasteiger partial charge in [-0.3, -0.25) is 0 Å². The van der Waals surface area contributed by atoms with Gasteiger partial charge in [0, 0.05) is 12.5 Å². The highest BCUT2D eigenvalue weighted by atomic mass is 16.5. The van der Waals surface area contributed by atoms with Crippen molar-refractivity contribution >= 4 is 0 Å². The molecule has 4 aliphatic rings. The third kappa shape index (κ3) is 4.17. The van der Waals surface area contributed by atoms with Gasteiger partial charge in [0.1, 0.15) is 0 Å². The van der Waals surface area contributed by atoms with Gasteiger partial charge in [0.25, 0.3) is 0 Å². The molecule has 3 nitrogen and oxygen atoms in total. The molecule has 0 aromatic carbocycles. The van der Waals surface area contributed by atoms with Crippen molar-refractivity contribution in [2.75, 3.05) is 13.7 Å². The van der Waals surface area contributed by atoms with E-state index in [9.17, 15) is 10.2 Å². The quantitative estimate of drug-likeness (QED) is 0.496. The number of ether oxygens (including phenoxy) is 1. The number of rotatable bonds is 6. The van der Waals surface area contributed by atoms with Gasteiger partial charge in [-0.2, -0.15) is 0 Å². The predicted molar refractivity (Wildman–Crippen MR) is 127 cm³/mol. The molecule has 0 saturated heterocycles. The smallest absolute Gasteiger partial charge is 0.0657 e. The molecule has 3 saturated carbocycles. The Morgan fingerprint density at radius 1 is 1.13 bits per heavy atom.